The lowest BCUT2D eigenvalue weighted by atomic mass is 9.98. The van der Waals surface area contributed by atoms with Gasteiger partial charge in [0.1, 0.15) is 0 Å². The molecule has 1 aliphatic heterocycles. The zero-order valence-electron chi connectivity index (χ0n) is 30.2. The Morgan fingerprint density at radius 2 is 1.43 bits per heavy atom. The monoisotopic (exact) mass is 763 g/mol. The molecule has 0 aromatic heterocycles. The first kappa shape index (κ1) is 44.0. The van der Waals surface area contributed by atoms with Crippen molar-refractivity contribution in [3.05, 3.63) is 101 Å². The molecule has 51 heavy (non-hydrogen) atoms. The second-order valence-electron chi connectivity index (χ2n) is 13.6. The standard InChI is InChI=1S/C38H53N5O5S.2ClH/c1-6-49(47,48)41-33-23-31(37(45)39-28(4)30-15-11-8-12-16-30)22-32(24-33)38(46)40-35(21-29-13-9-7-10-14-29)36(44)26-42(5)34-17-19-43(20-18-34)25-27(2)3;;/h7-16,22-24,27-28,34-36,41,44H,6,17-21,25-26H2,1-5H3,(H,39,45)(H,40,46);2*1H/t28-,35+,36-;;/m1../s1. The van der Waals surface area contributed by atoms with Gasteiger partial charge in [0.25, 0.3) is 11.8 Å². The zero-order valence-corrected chi connectivity index (χ0v) is 32.7. The quantitative estimate of drug-likeness (QED) is 0.151. The van der Waals surface area contributed by atoms with Crippen LogP contribution in [0.2, 0.25) is 0 Å². The van der Waals surface area contributed by atoms with Crippen LogP contribution in [0.4, 0.5) is 5.69 Å². The van der Waals surface area contributed by atoms with Gasteiger partial charge in [-0.2, -0.15) is 0 Å². The predicted molar refractivity (Wildman–Crippen MR) is 211 cm³/mol. The Balaban J connectivity index is 0.00000451. The molecule has 13 heteroatoms. The molecule has 3 atom stereocenters. The molecule has 0 radical (unpaired) electrons. The number of sulfonamides is 1. The number of amides is 2. The molecule has 1 saturated heterocycles. The molecule has 0 aliphatic carbocycles. The van der Waals surface area contributed by atoms with Crippen LogP contribution in [0, 0.1) is 5.92 Å². The molecule has 3 aromatic carbocycles. The van der Waals surface area contributed by atoms with Crippen molar-refractivity contribution < 1.29 is 23.1 Å². The molecule has 1 fully saturated rings. The van der Waals surface area contributed by atoms with E-state index in [0.29, 0.717) is 24.9 Å². The number of aliphatic hydroxyl groups excluding tert-OH is 1. The molecule has 0 bridgehead atoms. The van der Waals surface area contributed by atoms with Gasteiger partial charge in [0, 0.05) is 30.3 Å². The van der Waals surface area contributed by atoms with Crippen molar-refractivity contribution in [2.24, 2.45) is 5.92 Å². The Kier molecular flexibility index (Phi) is 17.9. The number of anilines is 1. The first-order valence-electron chi connectivity index (χ1n) is 17.3. The molecule has 1 aliphatic rings. The van der Waals surface area contributed by atoms with Crippen molar-refractivity contribution >= 4 is 52.3 Å². The Morgan fingerprint density at radius 3 is 1.98 bits per heavy atom. The number of carbonyl (C=O) groups excluding carboxylic acids is 2. The maximum atomic E-state index is 13.9. The lowest BCUT2D eigenvalue weighted by molar-refractivity contribution is 0.0489. The Morgan fingerprint density at radius 1 is 0.882 bits per heavy atom. The van der Waals surface area contributed by atoms with Crippen molar-refractivity contribution in [1.82, 2.24) is 20.4 Å². The number of aliphatic hydroxyl groups is 1. The van der Waals surface area contributed by atoms with Crippen LogP contribution in [-0.2, 0) is 16.4 Å². The molecule has 282 valence electrons. The van der Waals surface area contributed by atoms with Crippen molar-refractivity contribution in [1.29, 1.82) is 0 Å². The Bertz CT molecular complexity index is 1620. The van der Waals surface area contributed by atoms with Crippen LogP contribution < -0.4 is 15.4 Å². The van der Waals surface area contributed by atoms with E-state index in [2.05, 4.69) is 39.0 Å². The summed E-state index contributed by atoms with van der Waals surface area (Å²) in [5.41, 5.74) is 2.20. The lowest BCUT2D eigenvalue weighted by Crippen LogP contribution is -2.52. The van der Waals surface area contributed by atoms with Crippen LogP contribution in [0.1, 0.15) is 78.4 Å². The molecular formula is C38H55Cl2N5O5S. The van der Waals surface area contributed by atoms with Crippen LogP contribution in [0.3, 0.4) is 0 Å². The van der Waals surface area contributed by atoms with Gasteiger partial charge in [-0.1, -0.05) is 74.5 Å². The van der Waals surface area contributed by atoms with E-state index in [1.54, 1.807) is 0 Å². The zero-order chi connectivity index (χ0) is 35.6. The van der Waals surface area contributed by atoms with Crippen molar-refractivity contribution in [2.45, 2.75) is 71.2 Å². The summed E-state index contributed by atoms with van der Waals surface area (Å²) in [6.45, 7) is 11.3. The van der Waals surface area contributed by atoms with Crippen LogP contribution >= 0.6 is 24.8 Å². The molecule has 4 rings (SSSR count). The maximum absolute atomic E-state index is 13.9. The molecule has 4 N–H and O–H groups in total. The Hall–Kier alpha value is -3.19. The molecule has 3 aromatic rings. The number of hydrogen-bond acceptors (Lipinski definition) is 7. The number of rotatable bonds is 16. The fraction of sp³-hybridized carbons (Fsp3) is 0.474. The van der Waals surface area contributed by atoms with Crippen LogP contribution in [-0.4, -0.2) is 92.3 Å². The number of hydrogen-bond donors (Lipinski definition) is 4. The van der Waals surface area contributed by atoms with Gasteiger partial charge in [-0.3, -0.25) is 14.3 Å². The number of likely N-dealkylation sites (N-methyl/N-ethyl adjacent to an activating group) is 1. The number of likely N-dealkylation sites (tertiary alicyclic amines) is 1. The minimum atomic E-state index is -3.70. The fourth-order valence-corrected chi connectivity index (χ4v) is 6.96. The fourth-order valence-electron chi connectivity index (χ4n) is 6.34. The smallest absolute Gasteiger partial charge is 0.251 e. The molecule has 2 amide bonds. The van der Waals surface area contributed by atoms with E-state index in [0.717, 1.165) is 43.6 Å². The summed E-state index contributed by atoms with van der Waals surface area (Å²) in [7, 11) is -1.67. The first-order chi connectivity index (χ1) is 23.3. The third kappa shape index (κ3) is 13.7. The van der Waals surface area contributed by atoms with Gasteiger partial charge in [0.05, 0.1) is 29.6 Å². The van der Waals surface area contributed by atoms with Gasteiger partial charge in [-0.15, -0.1) is 24.8 Å². The summed E-state index contributed by atoms with van der Waals surface area (Å²) in [5.74, 6) is -0.530. The second kappa shape index (κ2) is 20.7. The highest BCUT2D eigenvalue weighted by Crippen LogP contribution is 2.21. The number of benzene rings is 3. The molecule has 1 heterocycles. The molecular weight excluding hydrogens is 709 g/mol. The van der Waals surface area contributed by atoms with Crippen molar-refractivity contribution in [2.75, 3.05) is 43.7 Å². The number of piperidine rings is 1. The average molecular weight is 765 g/mol. The summed E-state index contributed by atoms with van der Waals surface area (Å²) < 4.78 is 27.5. The van der Waals surface area contributed by atoms with E-state index in [-0.39, 0.29) is 53.4 Å². The van der Waals surface area contributed by atoms with E-state index < -0.39 is 34.0 Å². The van der Waals surface area contributed by atoms with E-state index in [9.17, 15) is 23.1 Å². The molecule has 10 nitrogen and oxygen atoms in total. The second-order valence-corrected chi connectivity index (χ2v) is 15.6. The van der Waals surface area contributed by atoms with Gasteiger partial charge in [0.15, 0.2) is 0 Å². The van der Waals surface area contributed by atoms with Gasteiger partial charge in [0.2, 0.25) is 10.0 Å². The molecule has 0 spiro atoms. The third-order valence-corrected chi connectivity index (χ3v) is 10.4. The average Bonchev–Trinajstić information content (AvgIpc) is 3.08. The summed E-state index contributed by atoms with van der Waals surface area (Å²) >= 11 is 0. The van der Waals surface area contributed by atoms with Crippen molar-refractivity contribution in [3.8, 4) is 0 Å². The van der Waals surface area contributed by atoms with Gasteiger partial charge >= 0.3 is 0 Å². The van der Waals surface area contributed by atoms with E-state index >= 15 is 0 Å². The van der Waals surface area contributed by atoms with E-state index in [4.69, 9.17) is 0 Å². The van der Waals surface area contributed by atoms with E-state index in [1.165, 1.54) is 25.1 Å². The van der Waals surface area contributed by atoms with Gasteiger partial charge in [-0.25, -0.2) is 8.42 Å². The number of halogens is 2. The first-order valence-corrected chi connectivity index (χ1v) is 19.0. The number of carbonyl (C=O) groups is 2. The highest BCUT2D eigenvalue weighted by Gasteiger charge is 2.29. The maximum Gasteiger partial charge on any atom is 0.251 e. The lowest BCUT2D eigenvalue weighted by Gasteiger charge is -2.39. The number of nitrogens with one attached hydrogen (secondary N) is 3. The van der Waals surface area contributed by atoms with Crippen LogP contribution in [0.25, 0.3) is 0 Å². The molecule has 0 saturated carbocycles. The minimum Gasteiger partial charge on any atom is -0.390 e. The van der Waals surface area contributed by atoms with Crippen molar-refractivity contribution in [3.63, 3.8) is 0 Å². The topological polar surface area (TPSA) is 131 Å². The SMILES string of the molecule is CCS(=O)(=O)Nc1cc(C(=O)N[C@@H](Cc2ccccc2)[C@H](O)CN(C)C2CCN(CC(C)C)CC2)cc(C(=O)N[C@H](C)c2ccccc2)c1.Cl.Cl. The summed E-state index contributed by atoms with van der Waals surface area (Å²) in [5, 5.41) is 17.6. The minimum absolute atomic E-state index is 0. The predicted octanol–water partition coefficient (Wildman–Crippen LogP) is 5.54. The highest BCUT2D eigenvalue weighted by molar-refractivity contribution is 7.92. The Labute approximate surface area is 316 Å². The normalized spacial score (nSPS) is 15.6. The third-order valence-electron chi connectivity index (χ3n) is 9.12. The van der Waals surface area contributed by atoms with E-state index in [1.807, 2.05) is 74.6 Å². The highest BCUT2D eigenvalue weighted by atomic mass is 35.5. The van der Waals surface area contributed by atoms with Gasteiger partial charge < -0.3 is 25.5 Å². The van der Waals surface area contributed by atoms with Crippen LogP contribution in [0.5, 0.6) is 0 Å². The summed E-state index contributed by atoms with van der Waals surface area (Å²) in [6.07, 6.45) is 1.53. The van der Waals surface area contributed by atoms with Gasteiger partial charge in [-0.05, 0) is 88.5 Å². The summed E-state index contributed by atoms with van der Waals surface area (Å²) in [6, 6.07) is 22.8. The largest absolute Gasteiger partial charge is 0.390 e. The number of nitrogens with zero attached hydrogens (tertiary/aromatic N) is 2. The van der Waals surface area contributed by atoms with Crippen LogP contribution in [0.15, 0.2) is 78.9 Å². The summed E-state index contributed by atoms with van der Waals surface area (Å²) in [4.78, 5) is 32.0. The molecule has 0 unspecified atom stereocenters.